The molecule has 0 bridgehead atoms. The molecule has 0 atom stereocenters. The second-order valence-electron chi connectivity index (χ2n) is 5.33. The second kappa shape index (κ2) is 7.11. The Labute approximate surface area is 130 Å². The van der Waals surface area contributed by atoms with Gasteiger partial charge in [-0.2, -0.15) is 0 Å². The van der Waals surface area contributed by atoms with Crippen LogP contribution in [-0.2, 0) is 11.3 Å². The lowest BCUT2D eigenvalue weighted by Gasteiger charge is -2.10. The maximum Gasteiger partial charge on any atom is 0.268 e. The van der Waals surface area contributed by atoms with Crippen LogP contribution in [-0.4, -0.2) is 29.5 Å². The van der Waals surface area contributed by atoms with Crippen molar-refractivity contribution < 1.29 is 9.59 Å². The maximum absolute atomic E-state index is 12.5. The van der Waals surface area contributed by atoms with Gasteiger partial charge in [0, 0.05) is 37.5 Å². The molecule has 22 heavy (non-hydrogen) atoms. The molecule has 1 aromatic carbocycles. The fourth-order valence-corrected chi connectivity index (χ4v) is 2.74. The van der Waals surface area contributed by atoms with Gasteiger partial charge >= 0.3 is 0 Å². The van der Waals surface area contributed by atoms with E-state index in [0.717, 1.165) is 35.1 Å². The molecule has 0 unspecified atom stereocenters. The van der Waals surface area contributed by atoms with Crippen molar-refractivity contribution in [3.8, 4) is 0 Å². The number of carbonyl (C=O) groups excluding carboxylic acids is 2. The Morgan fingerprint density at radius 2 is 1.82 bits per heavy atom. The maximum atomic E-state index is 12.5. The highest BCUT2D eigenvalue weighted by Gasteiger charge is 2.18. The van der Waals surface area contributed by atoms with Crippen molar-refractivity contribution in [3.63, 3.8) is 0 Å². The third-order valence-corrected chi connectivity index (χ3v) is 3.77. The summed E-state index contributed by atoms with van der Waals surface area (Å²) >= 11 is 0. The zero-order chi connectivity index (χ0) is 16.1. The van der Waals surface area contributed by atoms with Crippen LogP contribution < -0.4 is 10.6 Å². The number of aromatic nitrogens is 1. The summed E-state index contributed by atoms with van der Waals surface area (Å²) in [7, 11) is 0. The van der Waals surface area contributed by atoms with Gasteiger partial charge in [-0.3, -0.25) is 9.59 Å². The quantitative estimate of drug-likeness (QED) is 0.804. The predicted molar refractivity (Wildman–Crippen MR) is 88.0 cm³/mol. The minimum absolute atomic E-state index is 0.0479. The average Bonchev–Trinajstić information content (AvgIpc) is 2.79. The van der Waals surface area contributed by atoms with E-state index in [4.69, 9.17) is 0 Å². The van der Waals surface area contributed by atoms with Crippen molar-refractivity contribution in [1.82, 2.24) is 15.2 Å². The number of aryl methyl sites for hydroxylation is 2. The molecule has 118 valence electrons. The zero-order valence-electron chi connectivity index (χ0n) is 13.4. The van der Waals surface area contributed by atoms with Crippen molar-refractivity contribution >= 4 is 22.7 Å². The van der Waals surface area contributed by atoms with Gasteiger partial charge in [0.2, 0.25) is 5.91 Å². The lowest BCUT2D eigenvalue weighted by Crippen LogP contribution is -2.30. The number of hydrogen-bond donors (Lipinski definition) is 2. The average molecular weight is 301 g/mol. The molecule has 0 radical (unpaired) electrons. The minimum atomic E-state index is -0.0571. The molecule has 1 aromatic heterocycles. The number of hydrogen-bond acceptors (Lipinski definition) is 2. The van der Waals surface area contributed by atoms with Crippen molar-refractivity contribution in [2.24, 2.45) is 0 Å². The Kier molecular flexibility index (Phi) is 5.20. The standard InChI is InChI=1S/C17H23N3O2/c1-4-20-15-9-6-5-8-14(15)12(2)16(20)17(22)19-11-7-10-18-13(3)21/h5-6,8-9H,4,7,10-11H2,1-3H3,(H,18,21)(H,19,22). The molecule has 2 aromatic rings. The Morgan fingerprint density at radius 3 is 2.50 bits per heavy atom. The molecule has 0 spiro atoms. The zero-order valence-corrected chi connectivity index (χ0v) is 13.4. The molecule has 1 heterocycles. The summed E-state index contributed by atoms with van der Waals surface area (Å²) in [6.45, 7) is 7.39. The summed E-state index contributed by atoms with van der Waals surface area (Å²) in [5.74, 6) is -0.105. The molecule has 0 aliphatic rings. The van der Waals surface area contributed by atoms with E-state index in [0.29, 0.717) is 13.1 Å². The van der Waals surface area contributed by atoms with Gasteiger partial charge in [-0.05, 0) is 31.9 Å². The number of benzene rings is 1. The van der Waals surface area contributed by atoms with Gasteiger partial charge in [0.05, 0.1) is 0 Å². The van der Waals surface area contributed by atoms with E-state index in [2.05, 4.69) is 10.6 Å². The molecular formula is C17H23N3O2. The first-order valence-electron chi connectivity index (χ1n) is 7.66. The molecule has 0 aliphatic carbocycles. The van der Waals surface area contributed by atoms with Gasteiger partial charge < -0.3 is 15.2 Å². The predicted octanol–water partition coefficient (Wildman–Crippen LogP) is 2.23. The first kappa shape index (κ1) is 16.1. The number of amides is 2. The van der Waals surface area contributed by atoms with E-state index in [9.17, 15) is 9.59 Å². The first-order valence-corrected chi connectivity index (χ1v) is 7.66. The summed E-state index contributed by atoms with van der Waals surface area (Å²) in [5, 5.41) is 6.78. The van der Waals surface area contributed by atoms with Crippen molar-refractivity contribution in [3.05, 3.63) is 35.5 Å². The van der Waals surface area contributed by atoms with Crippen LogP contribution in [0.1, 0.15) is 36.3 Å². The van der Waals surface area contributed by atoms with Crippen molar-refractivity contribution in [2.75, 3.05) is 13.1 Å². The van der Waals surface area contributed by atoms with Crippen LogP contribution in [0.2, 0.25) is 0 Å². The molecule has 0 fully saturated rings. The SMILES string of the molecule is CCn1c(C(=O)NCCCNC(C)=O)c(C)c2ccccc21. The Morgan fingerprint density at radius 1 is 1.14 bits per heavy atom. The summed E-state index contributed by atoms with van der Waals surface area (Å²) < 4.78 is 2.05. The highest BCUT2D eigenvalue weighted by molar-refractivity contribution is 6.01. The lowest BCUT2D eigenvalue weighted by molar-refractivity contribution is -0.118. The second-order valence-corrected chi connectivity index (χ2v) is 5.33. The van der Waals surface area contributed by atoms with E-state index in [-0.39, 0.29) is 11.8 Å². The van der Waals surface area contributed by atoms with E-state index < -0.39 is 0 Å². The highest BCUT2D eigenvalue weighted by atomic mass is 16.2. The van der Waals surface area contributed by atoms with Gasteiger partial charge in [-0.25, -0.2) is 0 Å². The summed E-state index contributed by atoms with van der Waals surface area (Å²) in [4.78, 5) is 23.3. The Hall–Kier alpha value is -2.30. The van der Waals surface area contributed by atoms with E-state index in [1.54, 1.807) is 0 Å². The van der Waals surface area contributed by atoms with Crippen LogP contribution in [0.15, 0.2) is 24.3 Å². The van der Waals surface area contributed by atoms with Crippen LogP contribution in [0.5, 0.6) is 0 Å². The van der Waals surface area contributed by atoms with E-state index in [1.807, 2.05) is 42.7 Å². The van der Waals surface area contributed by atoms with Crippen LogP contribution >= 0.6 is 0 Å². The Balaban J connectivity index is 2.11. The van der Waals surface area contributed by atoms with Gasteiger partial charge in [0.1, 0.15) is 5.69 Å². The lowest BCUT2D eigenvalue weighted by atomic mass is 10.1. The number of rotatable bonds is 6. The third-order valence-electron chi connectivity index (χ3n) is 3.77. The molecule has 2 rings (SSSR count). The summed E-state index contributed by atoms with van der Waals surface area (Å²) in [6.07, 6.45) is 0.719. The normalized spacial score (nSPS) is 10.7. The molecule has 0 saturated heterocycles. The molecular weight excluding hydrogens is 278 g/mol. The number of carbonyl (C=O) groups is 2. The largest absolute Gasteiger partial charge is 0.356 e. The summed E-state index contributed by atoms with van der Waals surface area (Å²) in [5.41, 5.74) is 2.82. The van der Waals surface area contributed by atoms with E-state index in [1.165, 1.54) is 6.92 Å². The van der Waals surface area contributed by atoms with Crippen LogP contribution in [0, 0.1) is 6.92 Å². The third kappa shape index (κ3) is 3.30. The van der Waals surface area contributed by atoms with Crippen molar-refractivity contribution in [1.29, 1.82) is 0 Å². The van der Waals surface area contributed by atoms with Gasteiger partial charge in [0.25, 0.3) is 5.91 Å². The monoisotopic (exact) mass is 301 g/mol. The molecule has 5 nitrogen and oxygen atoms in total. The van der Waals surface area contributed by atoms with Gasteiger partial charge in [0.15, 0.2) is 0 Å². The highest BCUT2D eigenvalue weighted by Crippen LogP contribution is 2.25. The summed E-state index contributed by atoms with van der Waals surface area (Å²) in [6, 6.07) is 8.07. The fraction of sp³-hybridized carbons (Fsp3) is 0.412. The van der Waals surface area contributed by atoms with Gasteiger partial charge in [-0.15, -0.1) is 0 Å². The van der Waals surface area contributed by atoms with Crippen LogP contribution in [0.4, 0.5) is 0 Å². The number of fused-ring (bicyclic) bond motifs is 1. The molecule has 0 aliphatic heterocycles. The molecule has 0 saturated carbocycles. The topological polar surface area (TPSA) is 63.1 Å². The molecule has 2 N–H and O–H groups in total. The van der Waals surface area contributed by atoms with Gasteiger partial charge in [-0.1, -0.05) is 18.2 Å². The minimum Gasteiger partial charge on any atom is -0.356 e. The smallest absolute Gasteiger partial charge is 0.268 e. The first-order chi connectivity index (χ1) is 10.6. The van der Waals surface area contributed by atoms with Crippen LogP contribution in [0.25, 0.3) is 10.9 Å². The number of nitrogens with one attached hydrogen (secondary N) is 2. The molecule has 2 amide bonds. The molecule has 5 heteroatoms. The van der Waals surface area contributed by atoms with Crippen LogP contribution in [0.3, 0.4) is 0 Å². The number of nitrogens with zero attached hydrogens (tertiary/aromatic N) is 1. The number of para-hydroxylation sites is 1. The van der Waals surface area contributed by atoms with Crippen molar-refractivity contribution in [2.45, 2.75) is 33.7 Å². The Bertz CT molecular complexity index is 689. The van der Waals surface area contributed by atoms with E-state index >= 15 is 0 Å². The fourth-order valence-electron chi connectivity index (χ4n) is 2.74.